The molecule has 0 radical (unpaired) electrons. The molecule has 0 atom stereocenters. The van der Waals surface area contributed by atoms with Crippen molar-refractivity contribution >= 4 is 108 Å². The maximum Gasteiger partial charge on any atom is 0.0629 e. The van der Waals surface area contributed by atoms with E-state index in [0.29, 0.717) is 109 Å². The van der Waals surface area contributed by atoms with E-state index in [-0.39, 0.29) is 150 Å². The lowest BCUT2D eigenvalue weighted by atomic mass is 9.84. The standard InChI is InChI=1S/2C36H24.2C32H22/c1-3-13-26(14-4-1)35-31-19-9-10-20-32(31)36(27-15-5-2-6-16-27)34-24-28(22-23-33(34)35)30-21-11-17-25-12-7-8-18-29(25)30;1-3-12-26(13-4-1)35-31-17-9-10-18-32(31)36(27-14-5-2-6-15-27)34-24-30(21-22-33(34)35)29-20-19-25-11-7-8-16-28(25)23-29;2*1-4-12-23(13-5-1)26-20-21-29-30(22-26)32(25-16-8-3-9-17-25)28-19-11-10-18-27(28)31(29)24-14-6-2-7-15-24/h2*1-24H;2*1-22H/i1D,2D,3D,4D,5D,6D,13D,14D,15D,16D;1D,2D,3D,4D,5D,6D,12D,13D,14D,15D;1D,2D,3D,4D,5D,6D,7D,8D,9D,12D,13D,14D,15D,16D,17D;2D,3D,6D,7D,8D,9D,14D,15D,16D,17D. The Morgan fingerprint density at radius 2 is 0.309 bits per heavy atom. The van der Waals surface area contributed by atoms with E-state index in [4.69, 9.17) is 61.7 Å². The Labute approximate surface area is 856 Å². The Morgan fingerprint density at radius 1 is 0.103 bits per heavy atom. The molecule has 0 amide bonds. The number of benzene rings is 26. The van der Waals surface area contributed by atoms with Crippen molar-refractivity contribution in [2.75, 3.05) is 0 Å². The van der Waals surface area contributed by atoms with Crippen molar-refractivity contribution in [3.63, 3.8) is 0 Å². The summed E-state index contributed by atoms with van der Waals surface area (Å²) in [5, 5.41) is 11.6. The van der Waals surface area contributed by atoms with E-state index < -0.39 is 199 Å². The molecule has 0 nitrogen and oxygen atoms in total. The van der Waals surface area contributed by atoms with Crippen LogP contribution in [0.15, 0.2) is 557 Å². The van der Waals surface area contributed by atoms with Crippen LogP contribution < -0.4 is 0 Å². The summed E-state index contributed by atoms with van der Waals surface area (Å²) in [6, 6.07) is 65.6. The molecule has 26 aromatic rings. The lowest BCUT2D eigenvalue weighted by molar-refractivity contribution is 1.63. The minimum Gasteiger partial charge on any atom is -0.0622 e. The van der Waals surface area contributed by atoms with Crippen LogP contribution in [0.5, 0.6) is 0 Å². The SMILES string of the molecule is [2H]c1c([2H])c([2H])c(-c2c3ccccc3c(-c3c([2H])c([2H])c([2H])c([2H])c3[2H])c3cc(-c4ccc5ccccc5c4)ccc23)c([2H])c1[2H].[2H]c1c([2H])c([2H])c(-c2c3ccccc3c(-c3c([2H])c([2H])c([2H])c([2H])c3[2H])c3cc(-c4cccc5ccccc45)ccc23)c([2H])c1[2H].[2H]c1c([2H])c([2H])c(-c2c3ccccc3c(-c3c([2H])c([2H])c([2H])c([2H])c3[2H])c3cc(-c4ccccc4)ccc23)c([2H])c1[2H].[2H]c1c([2H])c([2H])c(-c2ccc3c(-c4c([2H])c([2H])c([2H])c([2H])c4[2H])c4ccccc4c(-c4c([2H])c([2H])c([2H])c([2H])c4[2H])c3c2)c([2H])c1[2H]. The van der Waals surface area contributed by atoms with Gasteiger partial charge in [-0.25, -0.2) is 0 Å². The highest BCUT2D eigenvalue weighted by Gasteiger charge is 2.24. The number of fused-ring (bicyclic) bond motifs is 10. The van der Waals surface area contributed by atoms with Crippen molar-refractivity contribution in [1.29, 1.82) is 0 Å². The topological polar surface area (TPSA) is 0 Å². The second-order valence-electron chi connectivity index (χ2n) is 31.7. The summed E-state index contributed by atoms with van der Waals surface area (Å²) in [6.07, 6.45) is 0. The zero-order chi connectivity index (χ0) is 130. The van der Waals surface area contributed by atoms with Crippen LogP contribution in [0, 0.1) is 0 Å². The van der Waals surface area contributed by atoms with Gasteiger partial charge in [0.05, 0.1) is 61.7 Å². The highest BCUT2D eigenvalue weighted by Crippen LogP contribution is 2.51. The van der Waals surface area contributed by atoms with Gasteiger partial charge in [-0.1, -0.05) is 527 Å². The summed E-state index contributed by atoms with van der Waals surface area (Å²) < 4.78 is 382. The van der Waals surface area contributed by atoms with Crippen LogP contribution in [-0.2, 0) is 0 Å². The first-order valence-electron chi connectivity index (χ1n) is 65.8. The fourth-order valence-electron chi connectivity index (χ4n) is 18.4. The van der Waals surface area contributed by atoms with Gasteiger partial charge in [0.25, 0.3) is 0 Å². The molecule has 0 heterocycles. The molecule has 0 bridgehead atoms. The van der Waals surface area contributed by atoms with Gasteiger partial charge < -0.3 is 0 Å². The second kappa shape index (κ2) is 37.3. The molecule has 26 aromatic carbocycles. The molecule has 0 aliphatic heterocycles. The highest BCUT2D eigenvalue weighted by atomic mass is 14.3. The lowest BCUT2D eigenvalue weighted by Gasteiger charge is -2.19. The normalized spacial score (nSPS) is 15.9. The van der Waals surface area contributed by atoms with Crippen molar-refractivity contribution in [3.05, 3.63) is 557 Å². The fraction of sp³-hybridized carbons (Fsp3) is 0. The summed E-state index contributed by atoms with van der Waals surface area (Å²) in [4.78, 5) is 0. The maximum atomic E-state index is 8.91. The van der Waals surface area contributed by atoms with Crippen LogP contribution in [0.3, 0.4) is 0 Å². The zero-order valence-corrected chi connectivity index (χ0v) is 71.6. The third kappa shape index (κ3) is 16.0. The molecule has 0 aromatic heterocycles. The molecule has 0 aliphatic rings. The van der Waals surface area contributed by atoms with Gasteiger partial charge in [-0.3, -0.25) is 0 Å². The van der Waals surface area contributed by atoms with Crippen LogP contribution in [-0.4, -0.2) is 0 Å². The second-order valence-corrected chi connectivity index (χ2v) is 31.7. The molecule has 0 heteroatoms. The zero-order valence-electron chi connectivity index (χ0n) is 117. The van der Waals surface area contributed by atoms with Crippen molar-refractivity contribution < 1.29 is 61.7 Å². The molecule has 0 unspecified atom stereocenters. The summed E-state index contributed by atoms with van der Waals surface area (Å²) in [6.45, 7) is 0. The third-order valence-corrected chi connectivity index (χ3v) is 24.2. The van der Waals surface area contributed by atoms with Gasteiger partial charge in [0.15, 0.2) is 0 Å². The molecule has 0 aliphatic carbocycles. The fourth-order valence-corrected chi connectivity index (χ4v) is 18.4. The smallest absolute Gasteiger partial charge is 0.0622 e. The van der Waals surface area contributed by atoms with Gasteiger partial charge in [-0.2, -0.15) is 0 Å². The van der Waals surface area contributed by atoms with Crippen LogP contribution in [0.4, 0.5) is 0 Å². The Balaban J connectivity index is 0.000000127. The van der Waals surface area contributed by atoms with E-state index >= 15 is 0 Å². The van der Waals surface area contributed by atoms with Gasteiger partial charge in [0.2, 0.25) is 0 Å². The largest absolute Gasteiger partial charge is 0.0629 e. The molecule has 0 spiro atoms. The Bertz CT molecular complexity index is 11700. The number of rotatable bonds is 12. The molecular formula is C136H92. The summed E-state index contributed by atoms with van der Waals surface area (Å²) >= 11 is 0. The van der Waals surface area contributed by atoms with Crippen molar-refractivity contribution in [2.24, 2.45) is 0 Å². The summed E-state index contributed by atoms with van der Waals surface area (Å²) in [5.41, 5.74) is 7.83. The maximum absolute atomic E-state index is 8.91. The van der Waals surface area contributed by atoms with E-state index in [9.17, 15) is 0 Å². The van der Waals surface area contributed by atoms with E-state index in [1.165, 1.54) is 18.2 Å². The molecule has 136 heavy (non-hydrogen) atoms. The number of hydrogen-bond donors (Lipinski definition) is 0. The monoisotopic (exact) mass is 1770 g/mol. The lowest BCUT2D eigenvalue weighted by Crippen LogP contribution is -1.91. The van der Waals surface area contributed by atoms with Gasteiger partial charge in [0.1, 0.15) is 0 Å². The molecule has 0 fully saturated rings. The van der Waals surface area contributed by atoms with Gasteiger partial charge in [-0.05, 0) is 272 Å². The van der Waals surface area contributed by atoms with Gasteiger partial charge in [0, 0.05) is 0 Å². The minimum absolute atomic E-state index is 0.0230. The van der Waals surface area contributed by atoms with Crippen molar-refractivity contribution in [1.82, 2.24) is 0 Å². The first kappa shape index (κ1) is 47.4. The van der Waals surface area contributed by atoms with Crippen LogP contribution in [0.1, 0.15) is 61.7 Å². The van der Waals surface area contributed by atoms with Crippen LogP contribution in [0.2, 0.25) is 0 Å². The van der Waals surface area contributed by atoms with E-state index in [1.54, 1.807) is 103 Å². The Kier molecular flexibility index (Phi) is 13.0. The molecular weight excluding hydrogens is 1630 g/mol. The molecule has 0 saturated carbocycles. The minimum atomic E-state index is -0.604. The van der Waals surface area contributed by atoms with Crippen LogP contribution >= 0.6 is 0 Å². The van der Waals surface area contributed by atoms with Gasteiger partial charge in [-0.15, -0.1) is 0 Å². The molecule has 0 N–H and O–H groups in total. The highest BCUT2D eigenvalue weighted by molar-refractivity contribution is 6.27. The summed E-state index contributed by atoms with van der Waals surface area (Å²) in [5.74, 6) is 0. The Hall–Kier alpha value is -17.7. The summed E-state index contributed by atoms with van der Waals surface area (Å²) in [7, 11) is 0. The molecule has 26 rings (SSSR count). The number of hydrogen-bond acceptors (Lipinski definition) is 0. The van der Waals surface area contributed by atoms with Gasteiger partial charge >= 0.3 is 0 Å². The van der Waals surface area contributed by atoms with E-state index in [1.807, 2.05) is 158 Å². The average molecular weight is 1770 g/mol. The van der Waals surface area contributed by atoms with Crippen molar-refractivity contribution in [3.8, 4) is 134 Å². The van der Waals surface area contributed by atoms with Crippen LogP contribution in [0.25, 0.3) is 241 Å². The van der Waals surface area contributed by atoms with E-state index in [0.717, 1.165) is 54.9 Å². The van der Waals surface area contributed by atoms with E-state index in [2.05, 4.69) is 6.07 Å². The third-order valence-electron chi connectivity index (χ3n) is 24.2. The molecule has 636 valence electrons. The predicted molar refractivity (Wildman–Crippen MR) is 586 cm³/mol. The first-order valence-corrected chi connectivity index (χ1v) is 43.3. The molecule has 0 saturated heterocycles. The Morgan fingerprint density at radius 3 is 0.625 bits per heavy atom. The quantitative estimate of drug-likeness (QED) is 0.107. The predicted octanol–water partition coefficient (Wildman–Crippen LogP) is 38.3. The first-order chi connectivity index (χ1) is 86.2. The van der Waals surface area contributed by atoms with Crippen molar-refractivity contribution in [2.45, 2.75) is 0 Å². The average Bonchev–Trinajstić information content (AvgIpc) is 0.716.